The lowest BCUT2D eigenvalue weighted by atomic mass is 9.98. The molecule has 0 bridgehead atoms. The molecule has 1 fully saturated rings. The molecule has 5 nitrogen and oxygen atoms in total. The first kappa shape index (κ1) is 14.9. The van der Waals surface area contributed by atoms with Crippen LogP contribution < -0.4 is 5.32 Å². The number of carboxylic acids is 1. The maximum Gasteiger partial charge on any atom is 0.321 e. The molecule has 6 heteroatoms. The van der Waals surface area contributed by atoms with E-state index < -0.39 is 17.9 Å². The second-order valence-electron chi connectivity index (χ2n) is 4.45. The molecular weight excluding hydrogens is 278 g/mol. The van der Waals surface area contributed by atoms with Crippen LogP contribution in [0, 0.1) is 0 Å². The highest BCUT2D eigenvalue weighted by Gasteiger charge is 2.39. The summed E-state index contributed by atoms with van der Waals surface area (Å²) in [6, 6.07) is 8.69. The second-order valence-corrected chi connectivity index (χ2v) is 5.63. The van der Waals surface area contributed by atoms with Crippen LogP contribution in [0.5, 0.6) is 0 Å². The van der Waals surface area contributed by atoms with Crippen LogP contribution in [0.2, 0.25) is 0 Å². The Hall–Kier alpha value is -1.53. The van der Waals surface area contributed by atoms with E-state index in [1.807, 2.05) is 30.3 Å². The fourth-order valence-electron chi connectivity index (χ4n) is 2.16. The van der Waals surface area contributed by atoms with E-state index >= 15 is 0 Å². The minimum Gasteiger partial charge on any atom is -0.480 e. The van der Waals surface area contributed by atoms with E-state index in [1.165, 1.54) is 11.8 Å². The molecule has 0 radical (unpaired) electrons. The lowest BCUT2D eigenvalue weighted by Crippen LogP contribution is -2.41. The van der Waals surface area contributed by atoms with Gasteiger partial charge in [-0.2, -0.15) is 0 Å². The number of carboxylic acid groups (broad SMARTS) is 1. The fourth-order valence-corrected chi connectivity index (χ4v) is 3.52. The first-order chi connectivity index (χ1) is 9.63. The molecule has 1 aromatic rings. The van der Waals surface area contributed by atoms with Gasteiger partial charge in [0.15, 0.2) is 0 Å². The predicted molar refractivity (Wildman–Crippen MR) is 76.6 cm³/mol. The maximum absolute atomic E-state index is 12.2. The summed E-state index contributed by atoms with van der Waals surface area (Å²) >= 11 is 1.44. The number of aliphatic carboxylic acids is 1. The highest BCUT2D eigenvalue weighted by atomic mass is 32.2. The van der Waals surface area contributed by atoms with Gasteiger partial charge in [0.05, 0.1) is 12.0 Å². The number of carbonyl (C=O) groups excluding carboxylic acids is 1. The van der Waals surface area contributed by atoms with Crippen LogP contribution in [0.15, 0.2) is 30.3 Å². The van der Waals surface area contributed by atoms with E-state index in [0.29, 0.717) is 12.4 Å². The molecule has 1 aliphatic rings. The van der Waals surface area contributed by atoms with Crippen molar-refractivity contribution in [3.8, 4) is 0 Å². The molecule has 2 N–H and O–H groups in total. The first-order valence-electron chi connectivity index (χ1n) is 6.45. The van der Waals surface area contributed by atoms with E-state index in [-0.39, 0.29) is 11.3 Å². The molecule has 0 aromatic heterocycles. The molecule has 2 rings (SSSR count). The van der Waals surface area contributed by atoms with E-state index in [0.717, 1.165) is 5.56 Å². The Morgan fingerprint density at radius 2 is 2.15 bits per heavy atom. The Labute approximate surface area is 121 Å². The van der Waals surface area contributed by atoms with E-state index in [9.17, 15) is 9.59 Å². The monoisotopic (exact) mass is 295 g/mol. The first-order valence-corrected chi connectivity index (χ1v) is 7.50. The van der Waals surface area contributed by atoms with Crippen molar-refractivity contribution in [2.75, 3.05) is 12.4 Å². The highest BCUT2D eigenvalue weighted by Crippen LogP contribution is 2.33. The van der Waals surface area contributed by atoms with Crippen molar-refractivity contribution in [3.05, 3.63) is 35.9 Å². The molecule has 0 amide bonds. The van der Waals surface area contributed by atoms with Gasteiger partial charge in [0.25, 0.3) is 0 Å². The van der Waals surface area contributed by atoms with Crippen molar-refractivity contribution in [1.29, 1.82) is 0 Å². The van der Waals surface area contributed by atoms with Crippen molar-refractivity contribution in [3.63, 3.8) is 0 Å². The Bertz CT molecular complexity index is 479. The lowest BCUT2D eigenvalue weighted by Gasteiger charge is -2.22. The van der Waals surface area contributed by atoms with Gasteiger partial charge in [0, 0.05) is 5.75 Å². The highest BCUT2D eigenvalue weighted by molar-refractivity contribution is 8.00. The maximum atomic E-state index is 12.2. The average Bonchev–Trinajstić information content (AvgIpc) is 2.90. The summed E-state index contributed by atoms with van der Waals surface area (Å²) < 4.78 is 5.13. The smallest absolute Gasteiger partial charge is 0.321 e. The number of thioether (sulfide) groups is 1. The molecule has 0 saturated carbocycles. The second kappa shape index (κ2) is 6.76. The lowest BCUT2D eigenvalue weighted by molar-refractivity contribution is -0.145. The number of hydrogen-bond acceptors (Lipinski definition) is 5. The largest absolute Gasteiger partial charge is 0.480 e. The Morgan fingerprint density at radius 3 is 2.70 bits per heavy atom. The molecule has 0 aliphatic carbocycles. The third-order valence-electron chi connectivity index (χ3n) is 3.11. The molecular formula is C14H17NO4S. The van der Waals surface area contributed by atoms with Crippen LogP contribution in [0.25, 0.3) is 0 Å². The van der Waals surface area contributed by atoms with Crippen LogP contribution >= 0.6 is 11.8 Å². The van der Waals surface area contributed by atoms with Gasteiger partial charge in [-0.25, -0.2) is 0 Å². The fraction of sp³-hybridized carbons (Fsp3) is 0.429. The molecule has 0 spiro atoms. The van der Waals surface area contributed by atoms with Crippen molar-refractivity contribution >= 4 is 23.7 Å². The summed E-state index contributed by atoms with van der Waals surface area (Å²) in [5.74, 6) is -1.26. The number of benzene rings is 1. The SMILES string of the molecule is CCOC(=O)C(c1ccccc1)C1NC(C(=O)O)CS1. The van der Waals surface area contributed by atoms with E-state index in [4.69, 9.17) is 9.84 Å². The molecule has 108 valence electrons. The van der Waals surface area contributed by atoms with E-state index in [1.54, 1.807) is 6.92 Å². The van der Waals surface area contributed by atoms with Crippen LogP contribution in [0.4, 0.5) is 0 Å². The minimum atomic E-state index is -0.893. The van der Waals surface area contributed by atoms with Crippen molar-refractivity contribution in [1.82, 2.24) is 5.32 Å². The number of ether oxygens (including phenoxy) is 1. The van der Waals surface area contributed by atoms with Crippen LogP contribution in [0.3, 0.4) is 0 Å². The average molecular weight is 295 g/mol. The summed E-state index contributed by atoms with van der Waals surface area (Å²) in [5, 5.41) is 11.7. The zero-order chi connectivity index (χ0) is 14.5. The summed E-state index contributed by atoms with van der Waals surface area (Å²) in [4.78, 5) is 23.2. The van der Waals surface area contributed by atoms with Gasteiger partial charge in [-0.15, -0.1) is 11.8 Å². The molecule has 1 saturated heterocycles. The third kappa shape index (κ3) is 3.32. The molecule has 3 unspecified atom stereocenters. The van der Waals surface area contributed by atoms with Crippen molar-refractivity contribution in [2.24, 2.45) is 0 Å². The molecule has 1 heterocycles. The summed E-state index contributed by atoms with van der Waals surface area (Å²) in [6.07, 6.45) is 0. The summed E-state index contributed by atoms with van der Waals surface area (Å²) in [7, 11) is 0. The van der Waals surface area contributed by atoms with Gasteiger partial charge in [-0.3, -0.25) is 14.9 Å². The quantitative estimate of drug-likeness (QED) is 0.801. The van der Waals surface area contributed by atoms with Crippen LogP contribution in [-0.4, -0.2) is 40.8 Å². The van der Waals surface area contributed by atoms with Crippen LogP contribution in [-0.2, 0) is 14.3 Å². The van der Waals surface area contributed by atoms with Gasteiger partial charge in [-0.05, 0) is 12.5 Å². The number of hydrogen-bond donors (Lipinski definition) is 2. The number of nitrogens with one attached hydrogen (secondary N) is 1. The van der Waals surface area contributed by atoms with Crippen molar-refractivity contribution < 1.29 is 19.4 Å². The molecule has 20 heavy (non-hydrogen) atoms. The molecule has 1 aromatic carbocycles. The summed E-state index contributed by atoms with van der Waals surface area (Å²) in [6.45, 7) is 2.07. The van der Waals surface area contributed by atoms with Crippen molar-refractivity contribution in [2.45, 2.75) is 24.3 Å². The normalized spacial score (nSPS) is 23.2. The predicted octanol–water partition coefficient (Wildman–Crippen LogP) is 1.45. The minimum absolute atomic E-state index is 0.280. The Morgan fingerprint density at radius 1 is 1.45 bits per heavy atom. The van der Waals surface area contributed by atoms with Gasteiger partial charge >= 0.3 is 11.9 Å². The summed E-state index contributed by atoms with van der Waals surface area (Å²) in [5.41, 5.74) is 0.835. The molecule has 1 aliphatic heterocycles. The van der Waals surface area contributed by atoms with E-state index in [2.05, 4.69) is 5.32 Å². The Balaban J connectivity index is 2.20. The zero-order valence-electron chi connectivity index (χ0n) is 11.1. The number of rotatable bonds is 5. The van der Waals surface area contributed by atoms with Crippen LogP contribution in [0.1, 0.15) is 18.4 Å². The van der Waals surface area contributed by atoms with Gasteiger partial charge < -0.3 is 9.84 Å². The van der Waals surface area contributed by atoms with Gasteiger partial charge in [-0.1, -0.05) is 30.3 Å². The molecule has 3 atom stereocenters. The standard InChI is InChI=1S/C14H17NO4S/c1-2-19-14(18)11(9-6-4-3-5-7-9)12-15-10(8-20-12)13(16)17/h3-7,10-12,15H,2,8H2,1H3,(H,16,17). The van der Waals surface area contributed by atoms with Gasteiger partial charge in [0.1, 0.15) is 12.0 Å². The topological polar surface area (TPSA) is 75.6 Å². The van der Waals surface area contributed by atoms with Gasteiger partial charge in [0.2, 0.25) is 0 Å². The number of carbonyl (C=O) groups is 2. The zero-order valence-corrected chi connectivity index (χ0v) is 11.9. The third-order valence-corrected chi connectivity index (χ3v) is 4.40. The Kier molecular flexibility index (Phi) is 5.03. The number of esters is 1.